The molecule has 5 heteroatoms. The maximum absolute atomic E-state index is 12.3. The molecule has 5 nitrogen and oxygen atoms in total. The van der Waals surface area contributed by atoms with Crippen LogP contribution in [0.25, 0.3) is 0 Å². The number of carbonyl (C=O) groups is 1. The van der Waals surface area contributed by atoms with Gasteiger partial charge >= 0.3 is 0 Å². The number of aryl methyl sites for hydroxylation is 2. The molecule has 0 saturated carbocycles. The van der Waals surface area contributed by atoms with E-state index in [4.69, 9.17) is 0 Å². The Balaban J connectivity index is 2.38. The summed E-state index contributed by atoms with van der Waals surface area (Å²) in [6, 6.07) is 5.39. The lowest BCUT2D eigenvalue weighted by molar-refractivity contribution is 0.0965. The number of ketones is 1. The van der Waals surface area contributed by atoms with E-state index < -0.39 is 0 Å². The van der Waals surface area contributed by atoms with Gasteiger partial charge in [-0.1, -0.05) is 12.1 Å². The van der Waals surface area contributed by atoms with Crippen LogP contribution in [0.4, 0.5) is 0 Å². The van der Waals surface area contributed by atoms with Gasteiger partial charge in [0.05, 0.1) is 0 Å². The molecule has 0 aliphatic rings. The lowest BCUT2D eigenvalue weighted by Gasteiger charge is -2.08. The van der Waals surface area contributed by atoms with Crippen LogP contribution in [-0.2, 0) is 6.54 Å². The van der Waals surface area contributed by atoms with E-state index in [0.717, 1.165) is 15.8 Å². The zero-order chi connectivity index (χ0) is 15.7. The molecule has 0 saturated heterocycles. The van der Waals surface area contributed by atoms with E-state index in [1.165, 1.54) is 0 Å². The smallest absolute Gasteiger partial charge is 0.268 e. The molecule has 0 aliphatic heterocycles. The number of hydrogen-bond donors (Lipinski definition) is 1. The van der Waals surface area contributed by atoms with Gasteiger partial charge in [-0.3, -0.25) is 19.5 Å². The van der Waals surface area contributed by atoms with Crippen LogP contribution in [-0.4, -0.2) is 15.6 Å². The molecular weight excluding hydrogens is 268 g/mol. The Morgan fingerprint density at radius 3 is 2.33 bits per heavy atom. The summed E-state index contributed by atoms with van der Waals surface area (Å²) in [4.78, 5) is 36.0. The topological polar surface area (TPSA) is 71.9 Å². The van der Waals surface area contributed by atoms with E-state index in [2.05, 4.69) is 5.10 Å². The minimum atomic E-state index is -0.347. The first kappa shape index (κ1) is 15.0. The molecule has 1 N–H and O–H groups in total. The molecular formula is C16H18N2O3. The van der Waals surface area contributed by atoms with Crippen LogP contribution >= 0.6 is 0 Å². The fourth-order valence-electron chi connectivity index (χ4n) is 2.05. The van der Waals surface area contributed by atoms with E-state index >= 15 is 0 Å². The lowest BCUT2D eigenvalue weighted by Crippen LogP contribution is -2.35. The number of hydrogen-bond acceptors (Lipinski definition) is 3. The van der Waals surface area contributed by atoms with E-state index in [1.807, 2.05) is 19.9 Å². The van der Waals surface area contributed by atoms with Crippen molar-refractivity contribution >= 4 is 5.78 Å². The van der Waals surface area contributed by atoms with Crippen molar-refractivity contribution in [1.29, 1.82) is 0 Å². The molecule has 110 valence electrons. The molecule has 2 rings (SSSR count). The molecule has 1 aromatic heterocycles. The second-order valence-electron chi connectivity index (χ2n) is 5.30. The molecule has 0 bridgehead atoms. The van der Waals surface area contributed by atoms with Crippen LogP contribution in [0.5, 0.6) is 0 Å². The highest BCUT2D eigenvalue weighted by atomic mass is 16.2. The maximum Gasteiger partial charge on any atom is 0.268 e. The first-order valence-electron chi connectivity index (χ1n) is 6.72. The van der Waals surface area contributed by atoms with Gasteiger partial charge < -0.3 is 0 Å². The highest BCUT2D eigenvalue weighted by Crippen LogP contribution is 2.10. The average Bonchev–Trinajstić information content (AvgIpc) is 2.45. The van der Waals surface area contributed by atoms with Crippen LogP contribution in [0.2, 0.25) is 0 Å². The molecule has 0 atom stereocenters. The van der Waals surface area contributed by atoms with E-state index in [9.17, 15) is 14.4 Å². The zero-order valence-electron chi connectivity index (χ0n) is 12.6. The molecule has 0 amide bonds. The van der Waals surface area contributed by atoms with Crippen LogP contribution in [0.3, 0.4) is 0 Å². The Kier molecular flexibility index (Phi) is 3.93. The van der Waals surface area contributed by atoms with Crippen molar-refractivity contribution in [3.05, 3.63) is 66.7 Å². The second-order valence-corrected chi connectivity index (χ2v) is 5.30. The molecule has 1 aromatic carbocycles. The van der Waals surface area contributed by atoms with Gasteiger partial charge in [0.2, 0.25) is 0 Å². The van der Waals surface area contributed by atoms with Crippen molar-refractivity contribution in [2.75, 3.05) is 0 Å². The van der Waals surface area contributed by atoms with Gasteiger partial charge in [0.15, 0.2) is 5.78 Å². The standard InChI is InChI=1S/C16H18N2O3/c1-9-5-6-13(7-10(9)2)14(19)8-18-16(21)12(4)11(3)15(20)17-18/h5-7H,8H2,1-4H3,(H,17,20). The first-order valence-corrected chi connectivity index (χ1v) is 6.72. The Hall–Kier alpha value is -2.43. The third kappa shape index (κ3) is 2.86. The number of H-pyrrole nitrogens is 1. The number of nitrogens with one attached hydrogen (secondary N) is 1. The summed E-state index contributed by atoms with van der Waals surface area (Å²) in [5.41, 5.74) is 2.71. The maximum atomic E-state index is 12.3. The molecule has 1 heterocycles. The van der Waals surface area contributed by atoms with E-state index in [-0.39, 0.29) is 23.4 Å². The predicted octanol–water partition coefficient (Wildman–Crippen LogP) is 1.65. The van der Waals surface area contributed by atoms with Crippen molar-refractivity contribution in [2.45, 2.75) is 34.2 Å². The van der Waals surface area contributed by atoms with E-state index in [1.54, 1.807) is 26.0 Å². The summed E-state index contributed by atoms with van der Waals surface area (Å²) < 4.78 is 1.07. The number of aromatic nitrogens is 2. The minimum Gasteiger partial charge on any atom is -0.292 e. The normalized spacial score (nSPS) is 10.7. The summed E-state index contributed by atoms with van der Waals surface area (Å²) in [5.74, 6) is -0.209. The lowest BCUT2D eigenvalue weighted by atomic mass is 10.0. The Bertz CT molecular complexity index is 828. The van der Waals surface area contributed by atoms with Gasteiger partial charge in [-0.2, -0.15) is 0 Å². The number of aromatic amines is 1. The van der Waals surface area contributed by atoms with Crippen LogP contribution in [0, 0.1) is 27.7 Å². The number of rotatable bonds is 3. The minimum absolute atomic E-state index is 0.169. The summed E-state index contributed by atoms with van der Waals surface area (Å²) in [6.45, 7) is 6.90. The highest BCUT2D eigenvalue weighted by Gasteiger charge is 2.12. The van der Waals surface area contributed by atoms with Crippen LogP contribution in [0.1, 0.15) is 32.6 Å². The SMILES string of the molecule is Cc1ccc(C(=O)Cn2[nH]c(=O)c(C)c(C)c2=O)cc1C. The predicted molar refractivity (Wildman–Crippen MR) is 81.0 cm³/mol. The molecule has 0 aliphatic carbocycles. The average molecular weight is 286 g/mol. The van der Waals surface area contributed by atoms with Gasteiger partial charge in [0.1, 0.15) is 6.54 Å². The third-order valence-corrected chi connectivity index (χ3v) is 3.84. The molecule has 0 spiro atoms. The number of nitrogens with zero attached hydrogens (tertiary/aromatic N) is 1. The number of benzene rings is 1. The van der Waals surface area contributed by atoms with E-state index in [0.29, 0.717) is 16.7 Å². The summed E-state index contributed by atoms with van der Waals surface area (Å²) in [7, 11) is 0. The van der Waals surface area contributed by atoms with Crippen molar-refractivity contribution in [2.24, 2.45) is 0 Å². The molecule has 0 unspecified atom stereocenters. The van der Waals surface area contributed by atoms with Gasteiger partial charge in [0, 0.05) is 16.7 Å². The summed E-state index contributed by atoms with van der Waals surface area (Å²) in [5, 5.41) is 2.44. The molecule has 0 radical (unpaired) electrons. The molecule has 2 aromatic rings. The Labute approximate surface area is 122 Å². The number of Topliss-reactive ketones (excluding diaryl/α,β-unsaturated/α-hetero) is 1. The third-order valence-electron chi connectivity index (χ3n) is 3.84. The molecule has 21 heavy (non-hydrogen) atoms. The van der Waals surface area contributed by atoms with Gasteiger partial charge in [0.25, 0.3) is 11.1 Å². The summed E-state index contributed by atoms with van der Waals surface area (Å²) in [6.07, 6.45) is 0. The Morgan fingerprint density at radius 1 is 1.05 bits per heavy atom. The van der Waals surface area contributed by atoms with Gasteiger partial charge in [-0.25, -0.2) is 4.68 Å². The first-order chi connectivity index (χ1) is 9.81. The summed E-state index contributed by atoms with van der Waals surface area (Å²) >= 11 is 0. The van der Waals surface area contributed by atoms with Crippen molar-refractivity contribution in [3.8, 4) is 0 Å². The highest BCUT2D eigenvalue weighted by molar-refractivity contribution is 5.96. The van der Waals surface area contributed by atoms with Crippen LogP contribution < -0.4 is 11.1 Å². The largest absolute Gasteiger partial charge is 0.292 e. The zero-order valence-corrected chi connectivity index (χ0v) is 12.6. The fraction of sp³-hybridized carbons (Fsp3) is 0.312. The quantitative estimate of drug-likeness (QED) is 0.872. The second kappa shape index (κ2) is 5.52. The van der Waals surface area contributed by atoms with Crippen molar-refractivity contribution in [1.82, 2.24) is 9.78 Å². The Morgan fingerprint density at radius 2 is 1.71 bits per heavy atom. The van der Waals surface area contributed by atoms with Crippen molar-refractivity contribution < 1.29 is 4.79 Å². The fourth-order valence-corrected chi connectivity index (χ4v) is 2.05. The van der Waals surface area contributed by atoms with Gasteiger partial charge in [-0.05, 0) is 44.9 Å². The van der Waals surface area contributed by atoms with Crippen molar-refractivity contribution in [3.63, 3.8) is 0 Å². The van der Waals surface area contributed by atoms with Gasteiger partial charge in [-0.15, -0.1) is 0 Å². The monoisotopic (exact) mass is 286 g/mol. The number of carbonyl (C=O) groups excluding carboxylic acids is 1. The molecule has 0 fully saturated rings. The van der Waals surface area contributed by atoms with Crippen LogP contribution in [0.15, 0.2) is 27.8 Å².